The van der Waals surface area contributed by atoms with Crippen molar-refractivity contribution >= 4 is 6.29 Å². The first-order valence-electron chi connectivity index (χ1n) is 3.27. The molecule has 0 aliphatic rings. The number of rotatable bonds is 0. The zero-order chi connectivity index (χ0) is 7.94. The van der Waals surface area contributed by atoms with Crippen LogP contribution in [0.4, 0.5) is 0 Å². The molecule has 1 aromatic rings. The first kappa shape index (κ1) is 7.56. The van der Waals surface area contributed by atoms with Crippen molar-refractivity contribution in [1.29, 1.82) is 0 Å². The maximum absolute atomic E-state index is 4.54. The lowest BCUT2D eigenvalue weighted by molar-refractivity contribution is 0.187. The number of hydrogen-bond donors (Lipinski definition) is 0. The molecule has 0 N–H and O–H groups in total. The second-order valence-electron chi connectivity index (χ2n) is 1.92. The summed E-state index contributed by atoms with van der Waals surface area (Å²) in [6.45, 7) is 0. The molecule has 54 valence electrons. The molecular weight excluding hydrogens is 136 g/mol. The molecule has 0 heterocycles. The van der Waals surface area contributed by atoms with Crippen LogP contribution in [0.1, 0.15) is 5.56 Å². The van der Waals surface area contributed by atoms with Crippen LogP contribution < -0.4 is 0 Å². The van der Waals surface area contributed by atoms with Crippen LogP contribution in [0.15, 0.2) is 30.3 Å². The minimum absolute atomic E-state index is 0.969. The molecule has 0 fully saturated rings. The fourth-order valence-corrected chi connectivity index (χ4v) is 0.670. The number of benzene rings is 1. The minimum atomic E-state index is 0.969. The maximum Gasteiger partial charge on any atom is 0.272 e. The molecule has 0 saturated heterocycles. The zero-order valence-electron chi connectivity index (χ0n) is 6.29. The van der Waals surface area contributed by atoms with E-state index >= 15 is 0 Å². The summed E-state index contributed by atoms with van der Waals surface area (Å²) in [4.78, 5) is 0. The molecule has 0 aromatic heterocycles. The molecule has 0 aliphatic carbocycles. The molecule has 11 heavy (non-hydrogen) atoms. The summed E-state index contributed by atoms with van der Waals surface area (Å²) >= 11 is 0. The quantitative estimate of drug-likeness (QED) is 0.295. The first-order valence-corrected chi connectivity index (χ1v) is 3.27. The Hall–Kier alpha value is -1.55. The van der Waals surface area contributed by atoms with Crippen LogP contribution in [0.2, 0.25) is 0 Å². The Morgan fingerprint density at radius 3 is 2.64 bits per heavy atom. The summed E-state index contributed by atoms with van der Waals surface area (Å²) in [6, 6.07) is 9.71. The van der Waals surface area contributed by atoms with Gasteiger partial charge in [-0.3, -0.25) is 5.92 Å². The van der Waals surface area contributed by atoms with E-state index in [0.29, 0.717) is 0 Å². The molecule has 0 unspecified atom stereocenters. The number of hydrogen-bond acceptors (Lipinski definition) is 0. The van der Waals surface area contributed by atoms with Crippen molar-refractivity contribution < 1.29 is 4.42 Å². The van der Waals surface area contributed by atoms with Gasteiger partial charge in [-0.05, 0) is 0 Å². The maximum atomic E-state index is 4.54. The van der Waals surface area contributed by atoms with E-state index in [0.717, 1.165) is 5.56 Å². The Bertz CT molecular complexity index is 288. The van der Waals surface area contributed by atoms with Gasteiger partial charge in [0.15, 0.2) is 0 Å². The van der Waals surface area contributed by atoms with Gasteiger partial charge in [0, 0.05) is 0 Å². The summed E-state index contributed by atoms with van der Waals surface area (Å²) in [7, 11) is 1.53. The average Bonchev–Trinajstić information content (AvgIpc) is 2.07. The van der Waals surface area contributed by atoms with E-state index in [4.69, 9.17) is 0 Å². The van der Waals surface area contributed by atoms with Gasteiger partial charge in [-0.15, -0.1) is 0 Å². The highest BCUT2D eigenvalue weighted by molar-refractivity contribution is 5.75. The van der Waals surface area contributed by atoms with Gasteiger partial charge < -0.3 is 4.42 Å². The molecule has 1 heteroatoms. The van der Waals surface area contributed by atoms with Gasteiger partial charge >= 0.3 is 0 Å². The third-order valence-corrected chi connectivity index (χ3v) is 1.13. The predicted molar refractivity (Wildman–Crippen MR) is 44.9 cm³/mol. The van der Waals surface area contributed by atoms with Crippen molar-refractivity contribution in [2.45, 2.75) is 0 Å². The predicted octanol–water partition coefficient (Wildman–Crippen LogP) is 1.31. The van der Waals surface area contributed by atoms with E-state index in [1.165, 1.54) is 7.11 Å². The van der Waals surface area contributed by atoms with Crippen molar-refractivity contribution in [2.24, 2.45) is 0 Å². The van der Waals surface area contributed by atoms with E-state index in [9.17, 15) is 0 Å². The van der Waals surface area contributed by atoms with Gasteiger partial charge in [-0.2, -0.15) is 5.92 Å². The van der Waals surface area contributed by atoms with Gasteiger partial charge in [0.1, 0.15) is 0 Å². The van der Waals surface area contributed by atoms with E-state index in [-0.39, 0.29) is 0 Å². The summed E-state index contributed by atoms with van der Waals surface area (Å²) in [5, 5.41) is 0. The highest BCUT2D eigenvalue weighted by Crippen LogP contribution is 1.93. The molecule has 0 saturated carbocycles. The Balaban J connectivity index is 2.74. The van der Waals surface area contributed by atoms with Crippen LogP contribution in [0.5, 0.6) is 0 Å². The van der Waals surface area contributed by atoms with E-state index in [1.807, 2.05) is 30.3 Å². The summed E-state index contributed by atoms with van der Waals surface area (Å²) in [6.07, 6.45) is 2.44. The fraction of sp³-hybridized carbons (Fsp3) is 0.100. The monoisotopic (exact) mass is 144 g/mol. The molecule has 0 aliphatic heterocycles. The third-order valence-electron chi connectivity index (χ3n) is 1.13. The minimum Gasteiger partial charge on any atom is -0.345 e. The second-order valence-corrected chi connectivity index (χ2v) is 1.92. The fourth-order valence-electron chi connectivity index (χ4n) is 0.670. The van der Waals surface area contributed by atoms with Gasteiger partial charge in [0.2, 0.25) is 7.11 Å². The molecule has 0 amide bonds. The van der Waals surface area contributed by atoms with Crippen LogP contribution in [-0.2, 0) is 4.42 Å². The third kappa shape index (κ3) is 2.68. The molecule has 0 radical (unpaired) electrons. The molecule has 1 rings (SSSR count). The van der Waals surface area contributed by atoms with Crippen molar-refractivity contribution in [3.63, 3.8) is 0 Å². The van der Waals surface area contributed by atoms with Crippen LogP contribution in [-0.4, -0.2) is 13.4 Å². The average molecular weight is 144 g/mol. The normalized spacial score (nSPS) is 9.18. The highest BCUT2D eigenvalue weighted by atomic mass is 16.4. The second kappa shape index (κ2) is 4.29. The lowest BCUT2D eigenvalue weighted by Crippen LogP contribution is -1.72. The van der Waals surface area contributed by atoms with E-state index < -0.39 is 0 Å². The van der Waals surface area contributed by atoms with Crippen molar-refractivity contribution in [3.05, 3.63) is 35.9 Å². The lowest BCUT2D eigenvalue weighted by atomic mass is 10.2. The molecule has 0 bridgehead atoms. The first-order chi connectivity index (χ1) is 5.43. The molecular formula is C10H8O. The van der Waals surface area contributed by atoms with Crippen LogP contribution in [0.3, 0.4) is 0 Å². The van der Waals surface area contributed by atoms with Crippen LogP contribution in [0.25, 0.3) is 0 Å². The number of carbonyl (C=O) groups excluding carboxylic acids is 1. The summed E-state index contributed by atoms with van der Waals surface area (Å²) < 4.78 is 4.54. The molecule has 0 spiro atoms. The van der Waals surface area contributed by atoms with Gasteiger partial charge in [0.05, 0.1) is 0 Å². The Morgan fingerprint density at radius 1 is 1.27 bits per heavy atom. The lowest BCUT2D eigenvalue weighted by Gasteiger charge is -1.90. The van der Waals surface area contributed by atoms with E-state index in [2.05, 4.69) is 22.6 Å². The Kier molecular flexibility index (Phi) is 2.95. The van der Waals surface area contributed by atoms with Crippen molar-refractivity contribution in [2.75, 3.05) is 7.11 Å². The zero-order valence-corrected chi connectivity index (χ0v) is 6.29. The SMILES string of the molecule is C[O+]=[C-]C#Cc1ccccc1. The van der Waals surface area contributed by atoms with Gasteiger partial charge in [-0.25, -0.2) is 0 Å². The Morgan fingerprint density at radius 2 is 2.00 bits per heavy atom. The van der Waals surface area contributed by atoms with Crippen LogP contribution >= 0.6 is 0 Å². The van der Waals surface area contributed by atoms with Gasteiger partial charge in [0.25, 0.3) is 6.29 Å². The molecule has 1 aromatic carbocycles. The summed E-state index contributed by atoms with van der Waals surface area (Å²) in [5.74, 6) is 5.49. The highest BCUT2D eigenvalue weighted by Gasteiger charge is 1.72. The summed E-state index contributed by atoms with van der Waals surface area (Å²) in [5.41, 5.74) is 0.969. The topological polar surface area (TPSA) is 11.3 Å². The smallest absolute Gasteiger partial charge is 0.272 e. The van der Waals surface area contributed by atoms with Crippen LogP contribution in [0, 0.1) is 11.8 Å². The largest absolute Gasteiger partial charge is 0.345 e. The van der Waals surface area contributed by atoms with E-state index in [1.54, 1.807) is 0 Å². The standard InChI is InChI=1S/C10H8O/c1-11-9-5-8-10-6-3-2-4-7-10/h2-4,6-7H,1H3. The Labute approximate surface area is 66.4 Å². The molecule has 1 nitrogen and oxygen atoms in total. The van der Waals surface area contributed by atoms with Crippen molar-refractivity contribution in [3.8, 4) is 11.8 Å². The van der Waals surface area contributed by atoms with Crippen molar-refractivity contribution in [1.82, 2.24) is 0 Å². The van der Waals surface area contributed by atoms with Gasteiger partial charge in [-0.1, -0.05) is 35.9 Å². The molecule has 0 atom stereocenters.